The molecule has 8 heteroatoms. The number of likely N-dealkylation sites (tertiary alicyclic amines) is 1. The van der Waals surface area contributed by atoms with Crippen molar-refractivity contribution in [2.45, 2.75) is 43.1 Å². The lowest BCUT2D eigenvalue weighted by molar-refractivity contribution is 0.0959. The third-order valence-corrected chi connectivity index (χ3v) is 7.76. The first kappa shape index (κ1) is 21.9. The van der Waals surface area contributed by atoms with Crippen molar-refractivity contribution in [3.8, 4) is 5.75 Å². The predicted molar refractivity (Wildman–Crippen MR) is 120 cm³/mol. The third-order valence-electron chi connectivity index (χ3n) is 5.46. The minimum Gasteiger partial charge on any atom is -0.490 e. The molecule has 0 radical (unpaired) electrons. The van der Waals surface area contributed by atoms with E-state index >= 15 is 0 Å². The summed E-state index contributed by atoms with van der Waals surface area (Å²) in [4.78, 5) is 6.08. The smallest absolute Gasteiger partial charge is 0.187 e. The number of nitrogens with zero attached hydrogens (tertiary/aromatic N) is 2. The van der Waals surface area contributed by atoms with Crippen LogP contribution in [-0.2, 0) is 22.1 Å². The highest BCUT2D eigenvalue weighted by atomic mass is 32.2. The number of sulfone groups is 1. The molecule has 0 amide bonds. The van der Waals surface area contributed by atoms with Crippen molar-refractivity contribution < 1.29 is 17.5 Å². The van der Waals surface area contributed by atoms with E-state index < -0.39 is 15.7 Å². The van der Waals surface area contributed by atoms with Gasteiger partial charge in [-0.2, -0.15) is 0 Å². The number of aromatic nitrogens is 1. The van der Waals surface area contributed by atoms with Gasteiger partial charge in [0.25, 0.3) is 0 Å². The van der Waals surface area contributed by atoms with Gasteiger partial charge in [0.15, 0.2) is 9.84 Å². The minimum atomic E-state index is -3.82. The molecule has 1 saturated heterocycles. The Kier molecular flexibility index (Phi) is 6.69. The van der Waals surface area contributed by atoms with E-state index in [0.717, 1.165) is 32.5 Å². The van der Waals surface area contributed by atoms with Crippen LogP contribution in [0.5, 0.6) is 5.75 Å². The first-order valence-electron chi connectivity index (χ1n) is 10.2. The van der Waals surface area contributed by atoms with E-state index in [1.54, 1.807) is 17.8 Å². The minimum absolute atomic E-state index is 0.0115. The number of rotatable bonds is 7. The number of thiazole rings is 1. The predicted octanol–water partition coefficient (Wildman–Crippen LogP) is 4.61. The Bertz CT molecular complexity index is 1110. The Balaban J connectivity index is 1.39. The summed E-state index contributed by atoms with van der Waals surface area (Å²) in [6, 6.07) is 12.9. The number of hydrogen-bond donors (Lipinski definition) is 0. The van der Waals surface area contributed by atoms with Gasteiger partial charge in [-0.3, -0.25) is 4.90 Å². The van der Waals surface area contributed by atoms with E-state index in [4.69, 9.17) is 4.74 Å². The lowest BCUT2D eigenvalue weighted by atomic mass is 10.1. The van der Waals surface area contributed by atoms with Crippen LogP contribution >= 0.6 is 11.3 Å². The molecule has 0 bridgehead atoms. The van der Waals surface area contributed by atoms with Crippen LogP contribution in [0.3, 0.4) is 0 Å². The number of piperidine rings is 1. The maximum Gasteiger partial charge on any atom is 0.187 e. The van der Waals surface area contributed by atoms with Crippen molar-refractivity contribution in [1.29, 1.82) is 0 Å². The maximum atomic E-state index is 14.7. The fourth-order valence-electron chi connectivity index (χ4n) is 3.79. The van der Waals surface area contributed by atoms with E-state index in [1.165, 1.54) is 29.0 Å². The Morgan fingerprint density at radius 3 is 2.61 bits per heavy atom. The van der Waals surface area contributed by atoms with Gasteiger partial charge in [0.05, 0.1) is 17.0 Å². The summed E-state index contributed by atoms with van der Waals surface area (Å²) in [6.07, 6.45) is 1.68. The number of benzene rings is 2. The molecule has 0 atom stereocenters. The molecule has 2 aromatic carbocycles. The van der Waals surface area contributed by atoms with Crippen LogP contribution < -0.4 is 4.74 Å². The highest BCUT2D eigenvalue weighted by Gasteiger charge is 2.25. The number of halogens is 1. The van der Waals surface area contributed by atoms with Gasteiger partial charge in [-0.05, 0) is 37.0 Å². The first-order valence-corrected chi connectivity index (χ1v) is 12.8. The SMILES string of the molecule is Cc1cc(S(=O)(=O)Cc2cscn2)c(F)cc1OC1CCN(Cc2ccccc2)CC1. The highest BCUT2D eigenvalue weighted by molar-refractivity contribution is 7.90. The fourth-order valence-corrected chi connectivity index (χ4v) is 5.87. The fraction of sp³-hybridized carbons (Fsp3) is 0.348. The van der Waals surface area contributed by atoms with Crippen LogP contribution in [0.4, 0.5) is 4.39 Å². The number of hydrogen-bond acceptors (Lipinski definition) is 6. The van der Waals surface area contributed by atoms with E-state index in [1.807, 2.05) is 18.2 Å². The van der Waals surface area contributed by atoms with Crippen molar-refractivity contribution in [1.82, 2.24) is 9.88 Å². The largest absolute Gasteiger partial charge is 0.490 e. The Morgan fingerprint density at radius 1 is 1.19 bits per heavy atom. The van der Waals surface area contributed by atoms with E-state index in [0.29, 0.717) is 17.0 Å². The summed E-state index contributed by atoms with van der Waals surface area (Å²) in [6.45, 7) is 4.47. The van der Waals surface area contributed by atoms with Crippen molar-refractivity contribution in [3.63, 3.8) is 0 Å². The zero-order valence-electron chi connectivity index (χ0n) is 17.3. The molecule has 0 N–H and O–H groups in total. The molecule has 2 heterocycles. The second kappa shape index (κ2) is 9.46. The second-order valence-corrected chi connectivity index (χ2v) is 10.5. The summed E-state index contributed by atoms with van der Waals surface area (Å²) in [5.41, 5.74) is 3.89. The van der Waals surface area contributed by atoms with Crippen LogP contribution in [0, 0.1) is 12.7 Å². The van der Waals surface area contributed by atoms with E-state index in [9.17, 15) is 12.8 Å². The maximum absolute atomic E-state index is 14.7. The van der Waals surface area contributed by atoms with Crippen LogP contribution in [0.25, 0.3) is 0 Å². The second-order valence-electron chi connectivity index (χ2n) is 7.87. The van der Waals surface area contributed by atoms with E-state index in [2.05, 4.69) is 22.0 Å². The molecule has 164 valence electrons. The topological polar surface area (TPSA) is 59.5 Å². The van der Waals surface area contributed by atoms with Gasteiger partial charge >= 0.3 is 0 Å². The molecule has 31 heavy (non-hydrogen) atoms. The number of ether oxygens (including phenoxy) is 1. The molecule has 4 rings (SSSR count). The molecule has 1 aliphatic rings. The van der Waals surface area contributed by atoms with Gasteiger partial charge in [0, 0.05) is 31.1 Å². The van der Waals surface area contributed by atoms with Gasteiger partial charge in [0.1, 0.15) is 22.6 Å². The monoisotopic (exact) mass is 460 g/mol. The molecular weight excluding hydrogens is 435 g/mol. The van der Waals surface area contributed by atoms with Crippen molar-refractivity contribution in [2.75, 3.05) is 13.1 Å². The first-order chi connectivity index (χ1) is 14.9. The summed E-state index contributed by atoms with van der Waals surface area (Å²) >= 11 is 1.31. The normalized spacial score (nSPS) is 15.8. The Hall–Kier alpha value is -2.29. The molecule has 0 unspecified atom stereocenters. The van der Waals surface area contributed by atoms with Gasteiger partial charge in [-0.1, -0.05) is 30.3 Å². The molecule has 1 aromatic heterocycles. The van der Waals surface area contributed by atoms with Crippen LogP contribution in [0.2, 0.25) is 0 Å². The van der Waals surface area contributed by atoms with E-state index in [-0.39, 0.29) is 16.8 Å². The van der Waals surface area contributed by atoms with Crippen LogP contribution in [-0.4, -0.2) is 37.5 Å². The van der Waals surface area contributed by atoms with Gasteiger partial charge in [-0.25, -0.2) is 17.8 Å². The summed E-state index contributed by atoms with van der Waals surface area (Å²) in [7, 11) is -3.82. The molecule has 3 aromatic rings. The standard InChI is InChI=1S/C23H25FN2O3S2/c1-17-11-23(31(27,28)15-19-14-30-16-25-19)21(24)12-22(17)29-20-7-9-26(10-8-20)13-18-5-3-2-4-6-18/h2-6,11-12,14,16,20H,7-10,13,15H2,1H3. The van der Waals surface area contributed by atoms with Crippen LogP contribution in [0.15, 0.2) is 58.3 Å². The van der Waals surface area contributed by atoms with Crippen molar-refractivity contribution in [3.05, 3.63) is 76.0 Å². The molecule has 0 saturated carbocycles. The zero-order valence-corrected chi connectivity index (χ0v) is 19.0. The molecule has 5 nitrogen and oxygen atoms in total. The van der Waals surface area contributed by atoms with Crippen molar-refractivity contribution >= 4 is 21.2 Å². The molecule has 0 spiro atoms. The average molecular weight is 461 g/mol. The quantitative estimate of drug-likeness (QED) is 0.515. The highest BCUT2D eigenvalue weighted by Crippen LogP contribution is 2.29. The Labute approximate surface area is 186 Å². The number of aryl methyl sites for hydroxylation is 1. The average Bonchev–Trinajstić information content (AvgIpc) is 3.25. The molecule has 0 aliphatic carbocycles. The van der Waals surface area contributed by atoms with Crippen LogP contribution in [0.1, 0.15) is 29.7 Å². The molecule has 1 aliphatic heterocycles. The van der Waals surface area contributed by atoms with Gasteiger partial charge in [-0.15, -0.1) is 11.3 Å². The zero-order chi connectivity index (χ0) is 21.8. The lowest BCUT2D eigenvalue weighted by Crippen LogP contribution is -2.37. The Morgan fingerprint density at radius 2 is 1.94 bits per heavy atom. The molecule has 1 fully saturated rings. The molecular formula is C23H25FN2O3S2. The summed E-state index contributed by atoms with van der Waals surface area (Å²) < 4.78 is 46.1. The van der Waals surface area contributed by atoms with Gasteiger partial charge < -0.3 is 4.74 Å². The van der Waals surface area contributed by atoms with Gasteiger partial charge in [0.2, 0.25) is 0 Å². The summed E-state index contributed by atoms with van der Waals surface area (Å²) in [5, 5.41) is 1.66. The lowest BCUT2D eigenvalue weighted by Gasteiger charge is -2.32. The summed E-state index contributed by atoms with van der Waals surface area (Å²) in [5.74, 6) is -0.684. The third kappa shape index (κ3) is 5.50. The van der Waals surface area contributed by atoms with Crippen molar-refractivity contribution in [2.24, 2.45) is 0 Å².